The van der Waals surface area contributed by atoms with E-state index in [0.717, 1.165) is 6.42 Å². The van der Waals surface area contributed by atoms with Gasteiger partial charge in [0, 0.05) is 30.2 Å². The minimum atomic E-state index is -3.64. The topological polar surface area (TPSA) is 72.6 Å². The van der Waals surface area contributed by atoms with Crippen LogP contribution in [0.1, 0.15) is 25.8 Å². The number of hydrogen-bond acceptors (Lipinski definition) is 4. The highest BCUT2D eigenvalue weighted by Gasteiger charge is 2.38. The average Bonchev–Trinajstić information content (AvgIpc) is 2.78. The van der Waals surface area contributed by atoms with E-state index in [2.05, 4.69) is 13.8 Å². The number of hydrogen-bond donors (Lipinski definition) is 1. The molecule has 1 saturated heterocycles. The van der Waals surface area contributed by atoms with Gasteiger partial charge in [-0.2, -0.15) is 4.31 Å². The fraction of sp³-hybridized carbons (Fsp3) is 0.571. The molecule has 1 aromatic carbocycles. The summed E-state index contributed by atoms with van der Waals surface area (Å²) >= 11 is 6.03. The Kier molecular flexibility index (Phi) is 4.54. The van der Waals surface area contributed by atoms with Crippen LogP contribution < -0.4 is 10.5 Å². The van der Waals surface area contributed by atoms with Crippen molar-refractivity contribution in [2.45, 2.75) is 31.7 Å². The molecule has 0 spiro atoms. The third kappa shape index (κ3) is 3.18. The van der Waals surface area contributed by atoms with Gasteiger partial charge in [0.05, 0.1) is 7.11 Å². The monoisotopic (exact) mass is 332 g/mol. The van der Waals surface area contributed by atoms with Gasteiger partial charge in [-0.3, -0.25) is 0 Å². The summed E-state index contributed by atoms with van der Waals surface area (Å²) in [5.41, 5.74) is 6.22. The zero-order valence-corrected chi connectivity index (χ0v) is 14.1. The van der Waals surface area contributed by atoms with Crippen molar-refractivity contribution in [2.75, 3.05) is 20.2 Å². The van der Waals surface area contributed by atoms with Gasteiger partial charge in [-0.15, -0.1) is 0 Å². The highest BCUT2D eigenvalue weighted by atomic mass is 35.5. The summed E-state index contributed by atoms with van der Waals surface area (Å²) in [7, 11) is -2.20. The summed E-state index contributed by atoms with van der Waals surface area (Å²) in [6, 6.07) is 3.06. The van der Waals surface area contributed by atoms with E-state index in [-0.39, 0.29) is 22.6 Å². The maximum absolute atomic E-state index is 12.9. The number of halogens is 1. The number of rotatable bonds is 4. The van der Waals surface area contributed by atoms with Crippen molar-refractivity contribution in [1.29, 1.82) is 0 Å². The van der Waals surface area contributed by atoms with E-state index < -0.39 is 10.0 Å². The van der Waals surface area contributed by atoms with Gasteiger partial charge in [0.1, 0.15) is 10.6 Å². The fourth-order valence-corrected chi connectivity index (χ4v) is 4.76. The molecule has 118 valence electrons. The first kappa shape index (κ1) is 16.5. The zero-order valence-electron chi connectivity index (χ0n) is 12.5. The lowest BCUT2D eigenvalue weighted by Crippen LogP contribution is -2.31. The lowest BCUT2D eigenvalue weighted by Gasteiger charge is -2.22. The molecule has 0 unspecified atom stereocenters. The van der Waals surface area contributed by atoms with E-state index in [1.54, 1.807) is 6.07 Å². The first-order valence-electron chi connectivity index (χ1n) is 6.78. The molecule has 0 amide bonds. The van der Waals surface area contributed by atoms with Crippen molar-refractivity contribution in [3.8, 4) is 5.75 Å². The van der Waals surface area contributed by atoms with Crippen LogP contribution in [0.25, 0.3) is 0 Å². The first-order valence-corrected chi connectivity index (χ1v) is 8.60. The smallest absolute Gasteiger partial charge is 0.246 e. The lowest BCUT2D eigenvalue weighted by molar-refractivity contribution is 0.370. The first-order chi connectivity index (χ1) is 9.71. The maximum Gasteiger partial charge on any atom is 0.246 e. The third-order valence-corrected chi connectivity index (χ3v) is 5.85. The van der Waals surface area contributed by atoms with Crippen molar-refractivity contribution >= 4 is 21.6 Å². The van der Waals surface area contributed by atoms with E-state index in [9.17, 15) is 8.42 Å². The highest BCUT2D eigenvalue weighted by molar-refractivity contribution is 7.89. The van der Waals surface area contributed by atoms with Gasteiger partial charge in [0.2, 0.25) is 10.0 Å². The summed E-state index contributed by atoms with van der Waals surface area (Å²) in [5, 5.41) is 0.341. The quantitative estimate of drug-likeness (QED) is 0.917. The van der Waals surface area contributed by atoms with Crippen LogP contribution in [0.15, 0.2) is 17.0 Å². The van der Waals surface area contributed by atoms with Crippen LogP contribution in [0.3, 0.4) is 0 Å². The maximum atomic E-state index is 12.9. The molecule has 1 heterocycles. The number of sulfonamides is 1. The van der Waals surface area contributed by atoms with Crippen molar-refractivity contribution in [1.82, 2.24) is 4.31 Å². The molecule has 0 atom stereocenters. The van der Waals surface area contributed by atoms with Gasteiger partial charge in [0.25, 0.3) is 0 Å². The predicted octanol–water partition coefficient (Wildman–Crippen LogP) is 2.23. The Balaban J connectivity index is 2.52. The van der Waals surface area contributed by atoms with E-state index in [1.165, 1.54) is 17.5 Å². The Morgan fingerprint density at radius 3 is 2.57 bits per heavy atom. The number of nitrogens with zero attached hydrogens (tertiary/aromatic N) is 1. The minimum absolute atomic E-state index is 0.0183. The summed E-state index contributed by atoms with van der Waals surface area (Å²) in [6.07, 6.45) is 0.832. The van der Waals surface area contributed by atoms with E-state index >= 15 is 0 Å². The van der Waals surface area contributed by atoms with Crippen LogP contribution in [-0.4, -0.2) is 32.9 Å². The lowest BCUT2D eigenvalue weighted by atomic mass is 9.93. The molecule has 1 aliphatic heterocycles. The van der Waals surface area contributed by atoms with Gasteiger partial charge < -0.3 is 10.5 Å². The molecule has 1 fully saturated rings. The Morgan fingerprint density at radius 1 is 1.43 bits per heavy atom. The third-order valence-electron chi connectivity index (χ3n) is 3.78. The van der Waals surface area contributed by atoms with Crippen molar-refractivity contribution in [2.24, 2.45) is 11.1 Å². The number of ether oxygens (including phenoxy) is 1. The molecule has 0 aromatic heterocycles. The molecule has 0 bridgehead atoms. The van der Waals surface area contributed by atoms with Crippen LogP contribution in [0.4, 0.5) is 0 Å². The Bertz CT molecular complexity index is 644. The second-order valence-corrected chi connectivity index (χ2v) is 8.40. The van der Waals surface area contributed by atoms with Crippen molar-refractivity contribution in [3.63, 3.8) is 0 Å². The van der Waals surface area contributed by atoms with E-state index in [1.807, 2.05) is 0 Å². The Labute approximate surface area is 131 Å². The summed E-state index contributed by atoms with van der Waals surface area (Å²) in [5.74, 6) is 0.284. The zero-order chi connectivity index (χ0) is 15.8. The van der Waals surface area contributed by atoms with Gasteiger partial charge in [-0.05, 0) is 24.0 Å². The van der Waals surface area contributed by atoms with Crippen LogP contribution in [0.5, 0.6) is 5.75 Å². The molecule has 2 rings (SSSR count). The number of benzene rings is 1. The Morgan fingerprint density at radius 2 is 2.10 bits per heavy atom. The predicted molar refractivity (Wildman–Crippen MR) is 83.1 cm³/mol. The number of nitrogens with two attached hydrogens (primary N) is 1. The molecular weight excluding hydrogens is 312 g/mol. The Hall–Kier alpha value is -0.820. The summed E-state index contributed by atoms with van der Waals surface area (Å²) in [4.78, 5) is 0.0932. The SMILES string of the molecule is COc1c(CN)cc(Cl)cc1S(=O)(=O)N1CCC(C)(C)C1. The van der Waals surface area contributed by atoms with Crippen LogP contribution in [-0.2, 0) is 16.6 Å². The average molecular weight is 333 g/mol. The van der Waals surface area contributed by atoms with Gasteiger partial charge in [0.15, 0.2) is 0 Å². The second-order valence-electron chi connectivity index (χ2n) is 6.05. The molecular formula is C14H21ClN2O3S. The molecule has 1 aliphatic rings. The largest absolute Gasteiger partial charge is 0.495 e. The van der Waals surface area contributed by atoms with Crippen LogP contribution in [0.2, 0.25) is 5.02 Å². The van der Waals surface area contributed by atoms with E-state index in [4.69, 9.17) is 22.1 Å². The summed E-state index contributed by atoms with van der Waals surface area (Å²) in [6.45, 7) is 5.27. The van der Waals surface area contributed by atoms with E-state index in [0.29, 0.717) is 23.7 Å². The molecule has 7 heteroatoms. The van der Waals surface area contributed by atoms with Crippen LogP contribution >= 0.6 is 11.6 Å². The normalized spacial score (nSPS) is 18.9. The van der Waals surface area contributed by atoms with Gasteiger partial charge in [-0.25, -0.2) is 8.42 Å². The van der Waals surface area contributed by atoms with Crippen molar-refractivity contribution < 1.29 is 13.2 Å². The van der Waals surface area contributed by atoms with Gasteiger partial charge in [-0.1, -0.05) is 25.4 Å². The fourth-order valence-electron chi connectivity index (χ4n) is 2.60. The highest BCUT2D eigenvalue weighted by Crippen LogP contribution is 2.37. The summed E-state index contributed by atoms with van der Waals surface area (Å²) < 4.78 is 32.5. The van der Waals surface area contributed by atoms with Gasteiger partial charge >= 0.3 is 0 Å². The number of methoxy groups -OCH3 is 1. The standard InChI is InChI=1S/C14H21ClN2O3S/c1-14(2)4-5-17(9-14)21(18,19)12-7-11(15)6-10(8-16)13(12)20-3/h6-7H,4-5,8-9,16H2,1-3H3. The molecule has 0 aliphatic carbocycles. The minimum Gasteiger partial charge on any atom is -0.495 e. The molecule has 21 heavy (non-hydrogen) atoms. The molecule has 2 N–H and O–H groups in total. The van der Waals surface area contributed by atoms with Crippen LogP contribution in [0, 0.1) is 5.41 Å². The second kappa shape index (κ2) is 5.76. The molecule has 5 nitrogen and oxygen atoms in total. The molecule has 1 aromatic rings. The van der Waals surface area contributed by atoms with Crippen molar-refractivity contribution in [3.05, 3.63) is 22.7 Å². The molecule has 0 radical (unpaired) electrons. The molecule has 0 saturated carbocycles.